The Morgan fingerprint density at radius 1 is 1.00 bits per heavy atom. The molecular weight excluding hydrogens is 272 g/mol. The molecule has 3 rings (SSSR count). The van der Waals surface area contributed by atoms with Crippen molar-refractivity contribution in [2.45, 2.75) is 6.92 Å². The second-order valence-electron chi connectivity index (χ2n) is 4.90. The third-order valence-corrected chi connectivity index (χ3v) is 3.37. The molecule has 0 bridgehead atoms. The van der Waals surface area contributed by atoms with E-state index in [1.165, 1.54) is 0 Å². The lowest BCUT2D eigenvalue weighted by Gasteiger charge is -2.00. The molecule has 0 fully saturated rings. The summed E-state index contributed by atoms with van der Waals surface area (Å²) in [4.78, 5) is 12.3. The largest absolute Gasteiger partial charge is 0.289 e. The van der Waals surface area contributed by atoms with E-state index in [4.69, 9.17) is 0 Å². The fourth-order valence-corrected chi connectivity index (χ4v) is 2.32. The summed E-state index contributed by atoms with van der Waals surface area (Å²) in [5, 5.41) is 4.62. The molecule has 3 heteroatoms. The molecule has 3 aromatic rings. The van der Waals surface area contributed by atoms with Crippen LogP contribution in [0.2, 0.25) is 0 Å². The highest BCUT2D eigenvalue weighted by Crippen LogP contribution is 2.24. The molecule has 0 aliphatic rings. The number of allylic oxidation sites excluding steroid dienone is 2. The maximum Gasteiger partial charge on any atom is 0.189 e. The molecule has 0 N–H and O–H groups in total. The van der Waals surface area contributed by atoms with Crippen molar-refractivity contribution in [3.8, 4) is 16.9 Å². The fraction of sp³-hybridized carbons (Fsp3) is 0.0526. The molecule has 0 radical (unpaired) electrons. The van der Waals surface area contributed by atoms with E-state index in [2.05, 4.69) is 5.10 Å². The molecule has 1 aromatic heterocycles. The molecular formula is C19H16N2O. The van der Waals surface area contributed by atoms with Crippen molar-refractivity contribution in [3.05, 3.63) is 84.6 Å². The van der Waals surface area contributed by atoms with Crippen LogP contribution in [0.1, 0.15) is 17.3 Å². The lowest BCUT2D eigenvalue weighted by Crippen LogP contribution is -1.94. The predicted molar refractivity (Wildman–Crippen MR) is 88.1 cm³/mol. The summed E-state index contributed by atoms with van der Waals surface area (Å²) < 4.78 is 1.75. The van der Waals surface area contributed by atoms with Crippen LogP contribution in [-0.4, -0.2) is 15.6 Å². The summed E-state index contributed by atoms with van der Waals surface area (Å²) in [7, 11) is 0. The molecule has 0 aliphatic carbocycles. The van der Waals surface area contributed by atoms with Gasteiger partial charge in [0.15, 0.2) is 5.78 Å². The fourth-order valence-electron chi connectivity index (χ4n) is 2.32. The van der Waals surface area contributed by atoms with Crippen molar-refractivity contribution >= 4 is 5.78 Å². The van der Waals surface area contributed by atoms with Gasteiger partial charge in [-0.2, -0.15) is 5.10 Å². The minimum absolute atomic E-state index is 0.0384. The van der Waals surface area contributed by atoms with Gasteiger partial charge < -0.3 is 0 Å². The highest BCUT2D eigenvalue weighted by atomic mass is 16.1. The third-order valence-electron chi connectivity index (χ3n) is 3.37. The number of para-hydroxylation sites is 1. The average molecular weight is 288 g/mol. The van der Waals surface area contributed by atoms with Crippen molar-refractivity contribution < 1.29 is 4.79 Å². The zero-order chi connectivity index (χ0) is 15.4. The standard InChI is InChI=1S/C19H16N2O/c1-2-9-18(22)17-14-21(16-12-7-4-8-13-16)20-19(17)15-10-5-3-6-11-15/h2-14H,1H3/b9-2+. The zero-order valence-electron chi connectivity index (χ0n) is 12.3. The van der Waals surface area contributed by atoms with Crippen LogP contribution in [0.5, 0.6) is 0 Å². The number of aromatic nitrogens is 2. The maximum atomic E-state index is 12.3. The Balaban J connectivity index is 2.15. The van der Waals surface area contributed by atoms with Gasteiger partial charge in [0.1, 0.15) is 5.69 Å². The normalized spacial score (nSPS) is 11.0. The number of hydrogen-bond donors (Lipinski definition) is 0. The molecule has 0 spiro atoms. The first-order chi connectivity index (χ1) is 10.8. The smallest absolute Gasteiger partial charge is 0.189 e. The third kappa shape index (κ3) is 2.74. The Labute approximate surface area is 129 Å². The van der Waals surface area contributed by atoms with Crippen molar-refractivity contribution in [2.75, 3.05) is 0 Å². The number of nitrogens with zero attached hydrogens (tertiary/aromatic N) is 2. The average Bonchev–Trinajstić information content (AvgIpc) is 3.02. The van der Waals surface area contributed by atoms with Crippen LogP contribution in [0.25, 0.3) is 16.9 Å². The summed E-state index contributed by atoms with van der Waals surface area (Å²) in [6.45, 7) is 1.84. The van der Waals surface area contributed by atoms with E-state index in [1.807, 2.05) is 67.6 Å². The SMILES string of the molecule is C/C=C/C(=O)c1cn(-c2ccccc2)nc1-c1ccccc1. The number of hydrogen-bond acceptors (Lipinski definition) is 2. The monoisotopic (exact) mass is 288 g/mol. The van der Waals surface area contributed by atoms with E-state index in [9.17, 15) is 4.79 Å². The molecule has 0 atom stereocenters. The lowest BCUT2D eigenvalue weighted by molar-refractivity contribution is 0.104. The van der Waals surface area contributed by atoms with Crippen LogP contribution >= 0.6 is 0 Å². The van der Waals surface area contributed by atoms with E-state index in [0.29, 0.717) is 11.3 Å². The van der Waals surface area contributed by atoms with Crippen LogP contribution in [0.15, 0.2) is 79.0 Å². The Morgan fingerprint density at radius 3 is 2.27 bits per heavy atom. The quantitative estimate of drug-likeness (QED) is 0.530. The summed E-state index contributed by atoms with van der Waals surface area (Å²) in [5.74, 6) is -0.0384. The van der Waals surface area contributed by atoms with Gasteiger partial charge in [-0.1, -0.05) is 54.6 Å². The molecule has 3 nitrogen and oxygen atoms in total. The van der Waals surface area contributed by atoms with E-state index >= 15 is 0 Å². The van der Waals surface area contributed by atoms with E-state index < -0.39 is 0 Å². The van der Waals surface area contributed by atoms with Crippen molar-refractivity contribution in [1.29, 1.82) is 0 Å². The number of carbonyl (C=O) groups excluding carboxylic acids is 1. The van der Waals surface area contributed by atoms with Gasteiger partial charge >= 0.3 is 0 Å². The van der Waals surface area contributed by atoms with Gasteiger partial charge in [-0.05, 0) is 25.1 Å². The molecule has 108 valence electrons. The van der Waals surface area contributed by atoms with Crippen LogP contribution < -0.4 is 0 Å². The Hall–Kier alpha value is -2.94. The highest BCUT2D eigenvalue weighted by Gasteiger charge is 2.16. The summed E-state index contributed by atoms with van der Waals surface area (Å²) in [5.41, 5.74) is 3.17. The van der Waals surface area contributed by atoms with Crippen LogP contribution in [0.3, 0.4) is 0 Å². The van der Waals surface area contributed by atoms with Crippen molar-refractivity contribution in [2.24, 2.45) is 0 Å². The first kappa shape index (κ1) is 14.0. The first-order valence-corrected chi connectivity index (χ1v) is 7.17. The molecule has 0 amide bonds. The molecule has 0 aliphatic heterocycles. The van der Waals surface area contributed by atoms with Crippen LogP contribution in [-0.2, 0) is 0 Å². The Bertz CT molecular complexity index is 802. The highest BCUT2D eigenvalue weighted by molar-refractivity contribution is 6.08. The van der Waals surface area contributed by atoms with E-state index in [1.54, 1.807) is 23.0 Å². The van der Waals surface area contributed by atoms with Gasteiger partial charge in [0.25, 0.3) is 0 Å². The molecule has 2 aromatic carbocycles. The molecule has 0 unspecified atom stereocenters. The van der Waals surface area contributed by atoms with Crippen molar-refractivity contribution in [1.82, 2.24) is 9.78 Å². The topological polar surface area (TPSA) is 34.9 Å². The maximum absolute atomic E-state index is 12.3. The number of ketones is 1. The van der Waals surface area contributed by atoms with Gasteiger partial charge in [-0.25, -0.2) is 4.68 Å². The molecule has 0 saturated carbocycles. The zero-order valence-corrected chi connectivity index (χ0v) is 12.3. The summed E-state index contributed by atoms with van der Waals surface area (Å²) in [6, 6.07) is 19.6. The second kappa shape index (κ2) is 6.22. The minimum atomic E-state index is -0.0384. The summed E-state index contributed by atoms with van der Waals surface area (Å²) in [6.07, 6.45) is 5.11. The van der Waals surface area contributed by atoms with Crippen LogP contribution in [0.4, 0.5) is 0 Å². The molecule has 22 heavy (non-hydrogen) atoms. The van der Waals surface area contributed by atoms with E-state index in [0.717, 1.165) is 11.3 Å². The minimum Gasteiger partial charge on any atom is -0.289 e. The van der Waals surface area contributed by atoms with Crippen molar-refractivity contribution in [3.63, 3.8) is 0 Å². The lowest BCUT2D eigenvalue weighted by atomic mass is 10.1. The summed E-state index contributed by atoms with van der Waals surface area (Å²) >= 11 is 0. The van der Waals surface area contributed by atoms with E-state index in [-0.39, 0.29) is 5.78 Å². The number of benzene rings is 2. The van der Waals surface area contributed by atoms with Gasteiger partial charge in [-0.3, -0.25) is 4.79 Å². The second-order valence-corrected chi connectivity index (χ2v) is 4.90. The van der Waals surface area contributed by atoms with Gasteiger partial charge in [0.2, 0.25) is 0 Å². The van der Waals surface area contributed by atoms with Crippen LogP contribution in [0, 0.1) is 0 Å². The predicted octanol–water partition coefficient (Wildman–Crippen LogP) is 4.30. The Kier molecular flexibility index (Phi) is 3.97. The molecule has 1 heterocycles. The van der Waals surface area contributed by atoms with Gasteiger partial charge in [0, 0.05) is 11.8 Å². The number of rotatable bonds is 4. The Morgan fingerprint density at radius 2 is 1.64 bits per heavy atom. The van der Waals surface area contributed by atoms with Gasteiger partial charge in [-0.15, -0.1) is 0 Å². The molecule has 0 saturated heterocycles. The van der Waals surface area contributed by atoms with Gasteiger partial charge in [0.05, 0.1) is 11.3 Å². The number of carbonyl (C=O) groups is 1. The first-order valence-electron chi connectivity index (χ1n) is 7.17.